The summed E-state index contributed by atoms with van der Waals surface area (Å²) in [6, 6.07) is 4.90. The van der Waals surface area contributed by atoms with E-state index in [1.807, 2.05) is 0 Å². The number of phenols is 1. The Labute approximate surface area is 116 Å². The highest BCUT2D eigenvalue weighted by molar-refractivity contribution is 5.92. The van der Waals surface area contributed by atoms with E-state index in [1.165, 1.54) is 25.3 Å². The number of aliphatic hydroxyl groups is 1. The Kier molecular flexibility index (Phi) is 3.55. The zero-order chi connectivity index (χ0) is 14.9. The first-order valence-corrected chi connectivity index (χ1v) is 6.17. The zero-order valence-corrected chi connectivity index (χ0v) is 11.6. The largest absolute Gasteiger partial charge is 0.506 e. The standard InChI is InChI=1S/C15H17NO4/c1-15(2,19)8-7-10-13(20-3)9-5-4-6-11(17)12(9)16-14(10)18/h4-8,17,19H,1-3H3,(H,16,18)/b8-7+. The van der Waals surface area contributed by atoms with Gasteiger partial charge < -0.3 is 19.9 Å². The van der Waals surface area contributed by atoms with Gasteiger partial charge in [-0.1, -0.05) is 12.1 Å². The Balaban J connectivity index is 2.76. The molecule has 1 aromatic carbocycles. The molecule has 0 aliphatic heterocycles. The number of fused-ring (bicyclic) bond motifs is 1. The molecule has 0 saturated heterocycles. The maximum Gasteiger partial charge on any atom is 0.259 e. The van der Waals surface area contributed by atoms with Crippen molar-refractivity contribution < 1.29 is 14.9 Å². The lowest BCUT2D eigenvalue weighted by atomic mass is 10.1. The average molecular weight is 275 g/mol. The van der Waals surface area contributed by atoms with Gasteiger partial charge in [0, 0.05) is 5.39 Å². The number of aromatic hydroxyl groups is 1. The summed E-state index contributed by atoms with van der Waals surface area (Å²) in [4.78, 5) is 14.7. The lowest BCUT2D eigenvalue weighted by Crippen LogP contribution is -2.16. The average Bonchev–Trinajstić information content (AvgIpc) is 2.36. The molecular weight excluding hydrogens is 258 g/mol. The second-order valence-electron chi connectivity index (χ2n) is 5.09. The summed E-state index contributed by atoms with van der Waals surface area (Å²) in [5.74, 6) is 0.344. The molecule has 0 aliphatic carbocycles. The summed E-state index contributed by atoms with van der Waals surface area (Å²) in [5.41, 5.74) is -0.801. The topological polar surface area (TPSA) is 82.5 Å². The first kappa shape index (κ1) is 14.1. The molecule has 1 heterocycles. The van der Waals surface area contributed by atoms with Crippen molar-refractivity contribution in [2.75, 3.05) is 7.11 Å². The van der Waals surface area contributed by atoms with E-state index in [9.17, 15) is 15.0 Å². The molecule has 0 aliphatic rings. The predicted octanol–water partition coefficient (Wildman–Crippen LogP) is 2.03. The third kappa shape index (κ3) is 2.67. The Morgan fingerprint density at radius 2 is 2.05 bits per heavy atom. The van der Waals surface area contributed by atoms with Crippen LogP contribution in [0.25, 0.3) is 17.0 Å². The fourth-order valence-electron chi connectivity index (χ4n) is 1.95. The number of aromatic nitrogens is 1. The van der Waals surface area contributed by atoms with Gasteiger partial charge in [-0.25, -0.2) is 0 Å². The van der Waals surface area contributed by atoms with Gasteiger partial charge in [0.2, 0.25) is 0 Å². The van der Waals surface area contributed by atoms with Gasteiger partial charge in [0.1, 0.15) is 11.5 Å². The number of ether oxygens (including phenoxy) is 1. The summed E-state index contributed by atoms with van der Waals surface area (Å²) in [7, 11) is 1.46. The first-order chi connectivity index (χ1) is 9.33. The number of rotatable bonds is 3. The molecule has 0 radical (unpaired) electrons. The van der Waals surface area contributed by atoms with Crippen LogP contribution in [0.4, 0.5) is 0 Å². The van der Waals surface area contributed by atoms with E-state index in [4.69, 9.17) is 4.74 Å². The molecule has 0 unspecified atom stereocenters. The SMILES string of the molecule is COc1c(/C=C/C(C)(C)O)c(=O)[nH]c2c(O)cccc12. The van der Waals surface area contributed by atoms with E-state index in [-0.39, 0.29) is 5.75 Å². The zero-order valence-electron chi connectivity index (χ0n) is 11.6. The van der Waals surface area contributed by atoms with Crippen LogP contribution in [0.1, 0.15) is 19.4 Å². The van der Waals surface area contributed by atoms with E-state index < -0.39 is 11.2 Å². The molecule has 0 amide bonds. The predicted molar refractivity (Wildman–Crippen MR) is 78.1 cm³/mol. The van der Waals surface area contributed by atoms with E-state index >= 15 is 0 Å². The third-order valence-electron chi connectivity index (χ3n) is 2.88. The van der Waals surface area contributed by atoms with Crippen molar-refractivity contribution in [3.05, 3.63) is 40.2 Å². The number of aromatic amines is 1. The third-order valence-corrected chi connectivity index (χ3v) is 2.88. The number of methoxy groups -OCH3 is 1. The van der Waals surface area contributed by atoms with Crippen LogP contribution in [0.2, 0.25) is 0 Å². The monoisotopic (exact) mass is 275 g/mol. The van der Waals surface area contributed by atoms with Gasteiger partial charge in [-0.15, -0.1) is 0 Å². The fraction of sp³-hybridized carbons (Fsp3) is 0.267. The number of para-hydroxylation sites is 1. The Morgan fingerprint density at radius 3 is 2.65 bits per heavy atom. The second-order valence-corrected chi connectivity index (χ2v) is 5.09. The number of benzene rings is 1. The van der Waals surface area contributed by atoms with Gasteiger partial charge in [0.05, 0.1) is 23.8 Å². The summed E-state index contributed by atoms with van der Waals surface area (Å²) >= 11 is 0. The summed E-state index contributed by atoms with van der Waals surface area (Å²) < 4.78 is 5.30. The van der Waals surface area contributed by atoms with Crippen LogP contribution in [-0.4, -0.2) is 27.9 Å². The maximum absolute atomic E-state index is 12.1. The van der Waals surface area contributed by atoms with Crippen LogP contribution in [0.15, 0.2) is 29.1 Å². The highest BCUT2D eigenvalue weighted by atomic mass is 16.5. The van der Waals surface area contributed by atoms with E-state index in [2.05, 4.69) is 4.98 Å². The van der Waals surface area contributed by atoms with Crippen molar-refractivity contribution in [2.45, 2.75) is 19.4 Å². The molecule has 0 spiro atoms. The molecule has 0 bridgehead atoms. The molecule has 1 aromatic heterocycles. The molecule has 5 heteroatoms. The minimum Gasteiger partial charge on any atom is -0.506 e. The van der Waals surface area contributed by atoms with Crippen molar-refractivity contribution in [3.8, 4) is 11.5 Å². The maximum atomic E-state index is 12.1. The van der Waals surface area contributed by atoms with Crippen LogP contribution in [0.5, 0.6) is 11.5 Å². The highest BCUT2D eigenvalue weighted by Crippen LogP contribution is 2.31. The van der Waals surface area contributed by atoms with E-state index in [1.54, 1.807) is 26.0 Å². The van der Waals surface area contributed by atoms with Crippen LogP contribution >= 0.6 is 0 Å². The van der Waals surface area contributed by atoms with Gasteiger partial charge in [-0.2, -0.15) is 0 Å². The summed E-state index contributed by atoms with van der Waals surface area (Å²) in [6.07, 6.45) is 3.02. The number of hydrogen-bond acceptors (Lipinski definition) is 4. The first-order valence-electron chi connectivity index (χ1n) is 6.17. The van der Waals surface area contributed by atoms with Gasteiger partial charge in [-0.3, -0.25) is 4.79 Å². The van der Waals surface area contributed by atoms with Crippen molar-refractivity contribution in [1.29, 1.82) is 0 Å². The number of nitrogens with one attached hydrogen (secondary N) is 1. The van der Waals surface area contributed by atoms with Crippen LogP contribution in [0.3, 0.4) is 0 Å². The van der Waals surface area contributed by atoms with Crippen molar-refractivity contribution in [3.63, 3.8) is 0 Å². The highest BCUT2D eigenvalue weighted by Gasteiger charge is 2.14. The van der Waals surface area contributed by atoms with E-state index in [0.717, 1.165) is 0 Å². The van der Waals surface area contributed by atoms with Gasteiger partial charge in [0.15, 0.2) is 0 Å². The minimum atomic E-state index is -1.04. The van der Waals surface area contributed by atoms with Crippen LogP contribution in [0, 0.1) is 0 Å². The Morgan fingerprint density at radius 1 is 1.35 bits per heavy atom. The lowest BCUT2D eigenvalue weighted by molar-refractivity contribution is 0.134. The molecule has 2 rings (SSSR count). The lowest BCUT2D eigenvalue weighted by Gasteiger charge is -2.12. The number of pyridine rings is 1. The minimum absolute atomic E-state index is 0.0177. The van der Waals surface area contributed by atoms with Gasteiger partial charge in [0.25, 0.3) is 5.56 Å². The summed E-state index contributed by atoms with van der Waals surface area (Å²) in [5, 5.41) is 20.1. The van der Waals surface area contributed by atoms with Gasteiger partial charge >= 0.3 is 0 Å². The normalized spacial score (nSPS) is 12.2. The van der Waals surface area contributed by atoms with E-state index in [0.29, 0.717) is 22.2 Å². The Hall–Kier alpha value is -2.27. The molecule has 3 N–H and O–H groups in total. The number of H-pyrrole nitrogens is 1. The molecule has 20 heavy (non-hydrogen) atoms. The smallest absolute Gasteiger partial charge is 0.259 e. The number of hydrogen-bond donors (Lipinski definition) is 3. The molecular formula is C15H17NO4. The van der Waals surface area contributed by atoms with Crippen molar-refractivity contribution >= 4 is 17.0 Å². The van der Waals surface area contributed by atoms with Crippen LogP contribution < -0.4 is 10.3 Å². The summed E-state index contributed by atoms with van der Waals surface area (Å²) in [6.45, 7) is 3.22. The fourth-order valence-corrected chi connectivity index (χ4v) is 1.95. The molecule has 5 nitrogen and oxygen atoms in total. The van der Waals surface area contributed by atoms with Crippen LogP contribution in [-0.2, 0) is 0 Å². The molecule has 0 atom stereocenters. The molecule has 0 fully saturated rings. The second kappa shape index (κ2) is 5.02. The van der Waals surface area contributed by atoms with Crippen molar-refractivity contribution in [2.24, 2.45) is 0 Å². The molecule has 2 aromatic rings. The van der Waals surface area contributed by atoms with Gasteiger partial charge in [-0.05, 0) is 32.1 Å². The molecule has 0 saturated carbocycles. The Bertz CT molecular complexity index is 723. The number of phenolic OH excluding ortho intramolecular Hbond substituents is 1. The molecule has 106 valence electrons. The van der Waals surface area contributed by atoms with Crippen molar-refractivity contribution in [1.82, 2.24) is 4.98 Å². The quantitative estimate of drug-likeness (QED) is 0.800.